The third kappa shape index (κ3) is 5.39. The van der Waals surface area contributed by atoms with Gasteiger partial charge in [0.1, 0.15) is 6.26 Å². The van der Waals surface area contributed by atoms with E-state index in [-0.39, 0.29) is 24.4 Å². The summed E-state index contributed by atoms with van der Waals surface area (Å²) in [5.74, 6) is -0.574. The lowest BCUT2D eigenvalue weighted by Crippen LogP contribution is -2.55. The lowest BCUT2D eigenvalue weighted by Gasteiger charge is -2.39. The zero-order valence-corrected chi connectivity index (χ0v) is 17.2. The number of nitrogens with zero attached hydrogens (tertiary/aromatic N) is 2. The summed E-state index contributed by atoms with van der Waals surface area (Å²) in [6, 6.07) is 22.7. The molecule has 7 heteroatoms. The first-order valence-corrected chi connectivity index (χ1v) is 10.4. The topological polar surface area (TPSA) is 77.8 Å². The minimum atomic E-state index is -0.331. The highest BCUT2D eigenvalue weighted by Gasteiger charge is 2.26. The van der Waals surface area contributed by atoms with Crippen molar-refractivity contribution in [3.05, 3.63) is 95.9 Å². The summed E-state index contributed by atoms with van der Waals surface area (Å²) in [5.41, 5.74) is 5.80. The number of rotatable bonds is 7. The molecule has 0 spiro atoms. The summed E-state index contributed by atoms with van der Waals surface area (Å²) in [7, 11) is 0. The summed E-state index contributed by atoms with van der Waals surface area (Å²) in [6.45, 7) is 2.96. The maximum Gasteiger partial charge on any atom is 0.254 e. The Hall–Kier alpha value is -3.42. The average Bonchev–Trinajstić information content (AvgIpc) is 3.36. The van der Waals surface area contributed by atoms with Crippen LogP contribution in [-0.2, 0) is 4.79 Å². The molecule has 0 aliphatic carbocycles. The van der Waals surface area contributed by atoms with Crippen LogP contribution in [0.15, 0.2) is 83.7 Å². The molecular weight excluding hydrogens is 392 g/mol. The van der Waals surface area contributed by atoms with Crippen LogP contribution in [-0.4, -0.2) is 54.4 Å². The van der Waals surface area contributed by atoms with Gasteiger partial charge >= 0.3 is 0 Å². The molecule has 0 atom stereocenters. The predicted molar refractivity (Wildman–Crippen MR) is 117 cm³/mol. The number of carbonyl (C=O) groups is 2. The number of hydrogen-bond donors (Lipinski definition) is 2. The Morgan fingerprint density at radius 2 is 1.48 bits per heavy atom. The molecule has 3 aromatic rings. The third-order valence-corrected chi connectivity index (χ3v) is 5.39. The molecule has 1 saturated heterocycles. The Kier molecular flexibility index (Phi) is 6.76. The van der Waals surface area contributed by atoms with Crippen LogP contribution in [0.2, 0.25) is 0 Å². The highest BCUT2D eigenvalue weighted by molar-refractivity contribution is 5.96. The van der Waals surface area contributed by atoms with E-state index >= 15 is 0 Å². The third-order valence-electron chi connectivity index (χ3n) is 5.39. The van der Waals surface area contributed by atoms with Gasteiger partial charge < -0.3 is 9.73 Å². The maximum atomic E-state index is 12.2. The van der Waals surface area contributed by atoms with Crippen molar-refractivity contribution in [1.82, 2.24) is 20.7 Å². The molecule has 2 amide bonds. The van der Waals surface area contributed by atoms with Gasteiger partial charge in [0.05, 0.1) is 24.4 Å². The normalized spacial score (nSPS) is 15.0. The summed E-state index contributed by atoms with van der Waals surface area (Å²) < 4.78 is 4.88. The Balaban J connectivity index is 1.31. The van der Waals surface area contributed by atoms with Crippen LogP contribution in [0, 0.1) is 0 Å². The molecule has 1 aromatic heterocycles. The van der Waals surface area contributed by atoms with E-state index < -0.39 is 0 Å². The van der Waals surface area contributed by atoms with Crippen LogP contribution in [0.3, 0.4) is 0 Å². The monoisotopic (exact) mass is 418 g/mol. The molecule has 2 N–H and O–H groups in total. The van der Waals surface area contributed by atoms with Gasteiger partial charge in [-0.05, 0) is 17.2 Å². The number of nitrogens with one attached hydrogen (secondary N) is 2. The molecule has 4 rings (SSSR count). The number of hydrogen-bond acceptors (Lipinski definition) is 5. The van der Waals surface area contributed by atoms with Gasteiger partial charge in [0.15, 0.2) is 0 Å². The van der Waals surface area contributed by atoms with E-state index in [0.717, 1.165) is 13.1 Å². The zero-order valence-electron chi connectivity index (χ0n) is 17.2. The van der Waals surface area contributed by atoms with E-state index in [1.807, 2.05) is 17.1 Å². The van der Waals surface area contributed by atoms with Crippen LogP contribution in [0.1, 0.15) is 27.5 Å². The number of amides is 2. The molecule has 0 bridgehead atoms. The molecule has 0 radical (unpaired) electrons. The quantitative estimate of drug-likeness (QED) is 0.616. The highest BCUT2D eigenvalue weighted by atomic mass is 16.3. The SMILES string of the molecule is O=C(CNC(=O)c1ccoc1)NN1CCN(C(c2ccccc2)c2ccccc2)CC1. The minimum absolute atomic E-state index is 0.0825. The second-order valence-electron chi connectivity index (χ2n) is 7.48. The van der Waals surface area contributed by atoms with Crippen molar-refractivity contribution >= 4 is 11.8 Å². The molecule has 2 aromatic carbocycles. The fourth-order valence-electron chi connectivity index (χ4n) is 3.85. The average molecular weight is 418 g/mol. The van der Waals surface area contributed by atoms with Gasteiger partial charge in [-0.15, -0.1) is 0 Å². The molecule has 1 aliphatic rings. The fourth-order valence-corrected chi connectivity index (χ4v) is 3.85. The van der Waals surface area contributed by atoms with Gasteiger partial charge in [0, 0.05) is 26.2 Å². The summed E-state index contributed by atoms with van der Waals surface area (Å²) in [5, 5.41) is 4.51. The van der Waals surface area contributed by atoms with Gasteiger partial charge in [0.25, 0.3) is 11.8 Å². The first kappa shape index (κ1) is 20.8. The van der Waals surface area contributed by atoms with Gasteiger partial charge in [-0.2, -0.15) is 0 Å². The highest BCUT2D eigenvalue weighted by Crippen LogP contribution is 2.29. The number of hydrazine groups is 1. The van der Waals surface area contributed by atoms with Gasteiger partial charge in [-0.25, -0.2) is 5.01 Å². The largest absolute Gasteiger partial charge is 0.472 e. The molecule has 1 aliphatic heterocycles. The van der Waals surface area contributed by atoms with Crippen molar-refractivity contribution in [2.24, 2.45) is 0 Å². The van der Waals surface area contributed by atoms with E-state index in [1.54, 1.807) is 6.07 Å². The Labute approximate surface area is 181 Å². The summed E-state index contributed by atoms with van der Waals surface area (Å²) in [4.78, 5) is 26.6. The lowest BCUT2D eigenvalue weighted by atomic mass is 9.96. The Bertz CT molecular complexity index is 929. The first-order chi connectivity index (χ1) is 15.2. The second-order valence-corrected chi connectivity index (χ2v) is 7.48. The zero-order chi connectivity index (χ0) is 21.5. The van der Waals surface area contributed by atoms with Crippen molar-refractivity contribution in [2.75, 3.05) is 32.7 Å². The van der Waals surface area contributed by atoms with Gasteiger partial charge in [-0.3, -0.25) is 19.9 Å². The summed E-state index contributed by atoms with van der Waals surface area (Å²) >= 11 is 0. The first-order valence-electron chi connectivity index (χ1n) is 10.4. The molecule has 160 valence electrons. The molecule has 31 heavy (non-hydrogen) atoms. The summed E-state index contributed by atoms with van der Waals surface area (Å²) in [6.07, 6.45) is 2.77. The van der Waals surface area contributed by atoms with Gasteiger partial charge in [-0.1, -0.05) is 60.7 Å². The van der Waals surface area contributed by atoms with Crippen molar-refractivity contribution in [2.45, 2.75) is 6.04 Å². The number of benzene rings is 2. The number of furan rings is 1. The smallest absolute Gasteiger partial charge is 0.254 e. The minimum Gasteiger partial charge on any atom is -0.472 e. The van der Waals surface area contributed by atoms with Crippen molar-refractivity contribution in [3.63, 3.8) is 0 Å². The van der Waals surface area contributed by atoms with Crippen LogP contribution in [0.5, 0.6) is 0 Å². The second kappa shape index (κ2) is 10.1. The standard InChI is InChI=1S/C24H26N4O3/c29-22(17-25-24(30)21-11-16-31-18-21)26-28-14-12-27(13-15-28)23(19-7-3-1-4-8-19)20-9-5-2-6-10-20/h1-11,16,18,23H,12-15,17H2,(H,25,30)(H,26,29). The van der Waals surface area contributed by atoms with Crippen LogP contribution in [0.4, 0.5) is 0 Å². The lowest BCUT2D eigenvalue weighted by molar-refractivity contribution is -0.125. The van der Waals surface area contributed by atoms with Crippen molar-refractivity contribution < 1.29 is 14.0 Å². The van der Waals surface area contributed by atoms with Crippen LogP contribution < -0.4 is 10.7 Å². The van der Waals surface area contributed by atoms with Crippen LogP contribution in [0.25, 0.3) is 0 Å². The van der Waals surface area contributed by atoms with Crippen molar-refractivity contribution in [1.29, 1.82) is 0 Å². The van der Waals surface area contributed by atoms with E-state index in [4.69, 9.17) is 4.42 Å². The Morgan fingerprint density at radius 3 is 2.03 bits per heavy atom. The van der Waals surface area contributed by atoms with E-state index in [9.17, 15) is 9.59 Å². The molecule has 7 nitrogen and oxygen atoms in total. The fraction of sp³-hybridized carbons (Fsp3) is 0.250. The predicted octanol–water partition coefficient (Wildman–Crippen LogP) is 2.45. The molecule has 0 unspecified atom stereocenters. The molecule has 0 saturated carbocycles. The molecule has 1 fully saturated rings. The van der Waals surface area contributed by atoms with Crippen LogP contribution >= 0.6 is 0 Å². The molecular formula is C24H26N4O3. The number of piperazine rings is 1. The van der Waals surface area contributed by atoms with E-state index in [0.29, 0.717) is 18.7 Å². The van der Waals surface area contributed by atoms with Crippen molar-refractivity contribution in [3.8, 4) is 0 Å². The van der Waals surface area contributed by atoms with Gasteiger partial charge in [0.2, 0.25) is 0 Å². The van der Waals surface area contributed by atoms with E-state index in [1.165, 1.54) is 23.7 Å². The van der Waals surface area contributed by atoms with E-state index in [2.05, 4.69) is 64.2 Å². The maximum absolute atomic E-state index is 12.2. The molecule has 2 heterocycles. The number of carbonyl (C=O) groups excluding carboxylic acids is 2. The Morgan fingerprint density at radius 1 is 0.871 bits per heavy atom.